The lowest BCUT2D eigenvalue weighted by Gasteiger charge is -2.08. The standard InChI is InChI=1S/C13H8Cl3NO3/c14-9-2-4-12(17(18)19)13(6-9)20-7-8-1-3-10(15)11(16)5-8/h1-6H,7H2. The van der Waals surface area contributed by atoms with E-state index in [1.165, 1.54) is 18.2 Å². The summed E-state index contributed by atoms with van der Waals surface area (Å²) in [7, 11) is 0. The van der Waals surface area contributed by atoms with Gasteiger partial charge in [-0.05, 0) is 23.8 Å². The van der Waals surface area contributed by atoms with Crippen LogP contribution < -0.4 is 4.74 Å². The van der Waals surface area contributed by atoms with Gasteiger partial charge in [0.2, 0.25) is 0 Å². The topological polar surface area (TPSA) is 52.4 Å². The second-order valence-corrected chi connectivity index (χ2v) is 5.16. The lowest BCUT2D eigenvalue weighted by Crippen LogP contribution is -1.99. The van der Waals surface area contributed by atoms with Crippen LogP contribution in [0.5, 0.6) is 5.75 Å². The third-order valence-electron chi connectivity index (χ3n) is 2.50. The molecule has 2 aromatic rings. The van der Waals surface area contributed by atoms with E-state index >= 15 is 0 Å². The van der Waals surface area contributed by atoms with Gasteiger partial charge in [-0.15, -0.1) is 0 Å². The summed E-state index contributed by atoms with van der Waals surface area (Å²) >= 11 is 17.5. The average Bonchev–Trinajstić information content (AvgIpc) is 2.40. The molecule has 0 aliphatic rings. The average molecular weight is 333 g/mol. The van der Waals surface area contributed by atoms with Crippen LogP contribution in [0.4, 0.5) is 5.69 Å². The van der Waals surface area contributed by atoms with Crippen molar-refractivity contribution in [3.05, 3.63) is 67.1 Å². The molecule has 0 aliphatic carbocycles. The van der Waals surface area contributed by atoms with Crippen molar-refractivity contribution in [1.82, 2.24) is 0 Å². The maximum Gasteiger partial charge on any atom is 0.311 e. The minimum absolute atomic E-state index is 0.105. The van der Waals surface area contributed by atoms with Crippen LogP contribution in [0.2, 0.25) is 15.1 Å². The van der Waals surface area contributed by atoms with Gasteiger partial charge in [0.05, 0.1) is 15.0 Å². The number of nitro groups is 1. The molecule has 0 fully saturated rings. The molecule has 7 heteroatoms. The Kier molecular flexibility index (Phi) is 4.70. The quantitative estimate of drug-likeness (QED) is 0.576. The zero-order chi connectivity index (χ0) is 14.7. The summed E-state index contributed by atoms with van der Waals surface area (Å²) in [6, 6.07) is 9.13. The summed E-state index contributed by atoms with van der Waals surface area (Å²) in [5, 5.41) is 12.1. The molecule has 0 saturated carbocycles. The molecule has 0 amide bonds. The highest BCUT2D eigenvalue weighted by Gasteiger charge is 2.15. The predicted molar refractivity (Wildman–Crippen MR) is 78.9 cm³/mol. The van der Waals surface area contributed by atoms with Gasteiger partial charge in [0, 0.05) is 17.2 Å². The van der Waals surface area contributed by atoms with Gasteiger partial charge in [-0.3, -0.25) is 10.1 Å². The summed E-state index contributed by atoms with van der Waals surface area (Å²) in [5.74, 6) is 0.105. The highest BCUT2D eigenvalue weighted by Crippen LogP contribution is 2.31. The minimum Gasteiger partial charge on any atom is -0.482 e. The Morgan fingerprint density at radius 2 is 1.80 bits per heavy atom. The van der Waals surface area contributed by atoms with Gasteiger partial charge in [-0.2, -0.15) is 0 Å². The van der Waals surface area contributed by atoms with Crippen LogP contribution in [0.25, 0.3) is 0 Å². The fourth-order valence-corrected chi connectivity index (χ4v) is 2.03. The molecule has 0 atom stereocenters. The molecule has 104 valence electrons. The molecule has 0 N–H and O–H groups in total. The number of ether oxygens (including phenoxy) is 1. The first kappa shape index (κ1) is 14.9. The molecular weight excluding hydrogens is 325 g/mol. The van der Waals surface area contributed by atoms with Crippen LogP contribution in [-0.2, 0) is 6.61 Å². The normalized spacial score (nSPS) is 10.3. The maximum atomic E-state index is 10.9. The van der Waals surface area contributed by atoms with E-state index in [0.717, 1.165) is 5.56 Å². The third-order valence-corrected chi connectivity index (χ3v) is 3.47. The number of hydrogen-bond donors (Lipinski definition) is 0. The molecule has 0 aliphatic heterocycles. The van der Waals surface area contributed by atoms with Crippen LogP contribution in [0.1, 0.15) is 5.56 Å². The Labute approximate surface area is 130 Å². The van der Waals surface area contributed by atoms with Crippen LogP contribution in [0.15, 0.2) is 36.4 Å². The number of halogens is 3. The minimum atomic E-state index is -0.527. The summed E-state index contributed by atoms with van der Waals surface area (Å²) < 4.78 is 5.43. The van der Waals surface area contributed by atoms with Crippen LogP contribution >= 0.6 is 34.8 Å². The summed E-state index contributed by atoms with van der Waals surface area (Å²) in [6.45, 7) is 0.123. The molecule has 20 heavy (non-hydrogen) atoms. The smallest absolute Gasteiger partial charge is 0.311 e. The first-order chi connectivity index (χ1) is 9.47. The first-order valence-electron chi connectivity index (χ1n) is 5.48. The lowest BCUT2D eigenvalue weighted by atomic mass is 10.2. The summed E-state index contributed by atoms with van der Waals surface area (Å²) in [5.41, 5.74) is 0.600. The van der Waals surface area contributed by atoms with E-state index in [1.54, 1.807) is 18.2 Å². The Hall–Kier alpha value is -1.49. The van der Waals surface area contributed by atoms with Crippen molar-refractivity contribution >= 4 is 40.5 Å². The Bertz CT molecular complexity index is 661. The van der Waals surface area contributed by atoms with Crippen molar-refractivity contribution in [1.29, 1.82) is 0 Å². The van der Waals surface area contributed by atoms with E-state index < -0.39 is 4.92 Å². The van der Waals surface area contributed by atoms with Gasteiger partial charge in [0.1, 0.15) is 6.61 Å². The van der Waals surface area contributed by atoms with Gasteiger partial charge in [-0.1, -0.05) is 40.9 Å². The van der Waals surface area contributed by atoms with E-state index in [0.29, 0.717) is 15.1 Å². The number of hydrogen-bond acceptors (Lipinski definition) is 3. The number of benzene rings is 2. The molecule has 2 aromatic carbocycles. The van der Waals surface area contributed by atoms with Crippen molar-refractivity contribution in [3.63, 3.8) is 0 Å². The zero-order valence-electron chi connectivity index (χ0n) is 9.98. The van der Waals surface area contributed by atoms with Gasteiger partial charge in [0.15, 0.2) is 5.75 Å². The molecule has 0 spiro atoms. The Morgan fingerprint density at radius 1 is 1.05 bits per heavy atom. The first-order valence-corrected chi connectivity index (χ1v) is 6.61. The van der Waals surface area contributed by atoms with Crippen LogP contribution in [0.3, 0.4) is 0 Å². The summed E-state index contributed by atoms with van der Waals surface area (Å²) in [4.78, 5) is 10.4. The monoisotopic (exact) mass is 331 g/mol. The molecule has 0 bridgehead atoms. The zero-order valence-corrected chi connectivity index (χ0v) is 12.2. The van der Waals surface area contributed by atoms with Crippen molar-refractivity contribution in [2.24, 2.45) is 0 Å². The van der Waals surface area contributed by atoms with E-state index in [2.05, 4.69) is 0 Å². The Balaban J connectivity index is 2.20. The molecule has 0 heterocycles. The maximum absolute atomic E-state index is 10.9. The molecule has 0 saturated heterocycles. The van der Waals surface area contributed by atoms with Gasteiger partial charge in [-0.25, -0.2) is 0 Å². The van der Waals surface area contributed by atoms with Crippen LogP contribution in [0, 0.1) is 10.1 Å². The third kappa shape index (κ3) is 3.54. The van der Waals surface area contributed by atoms with E-state index in [9.17, 15) is 10.1 Å². The van der Waals surface area contributed by atoms with Crippen molar-refractivity contribution in [2.75, 3.05) is 0 Å². The molecule has 0 radical (unpaired) electrons. The molecule has 4 nitrogen and oxygen atoms in total. The molecule has 0 unspecified atom stereocenters. The van der Waals surface area contributed by atoms with E-state index in [1.807, 2.05) is 0 Å². The van der Waals surface area contributed by atoms with Gasteiger partial charge < -0.3 is 4.74 Å². The van der Waals surface area contributed by atoms with Gasteiger partial charge >= 0.3 is 5.69 Å². The van der Waals surface area contributed by atoms with Crippen molar-refractivity contribution in [3.8, 4) is 5.75 Å². The fraction of sp³-hybridized carbons (Fsp3) is 0.0769. The predicted octanol–water partition coefficient (Wildman–Crippen LogP) is 5.13. The van der Waals surface area contributed by atoms with Crippen LogP contribution in [-0.4, -0.2) is 4.92 Å². The van der Waals surface area contributed by atoms with Crippen molar-refractivity contribution < 1.29 is 9.66 Å². The largest absolute Gasteiger partial charge is 0.482 e. The SMILES string of the molecule is O=[N+]([O-])c1ccc(Cl)cc1OCc1ccc(Cl)c(Cl)c1. The highest BCUT2D eigenvalue weighted by atomic mass is 35.5. The number of nitrogens with zero attached hydrogens (tertiary/aromatic N) is 1. The molecule has 0 aromatic heterocycles. The lowest BCUT2D eigenvalue weighted by molar-refractivity contribution is -0.385. The number of nitro benzene ring substituents is 1. The fourth-order valence-electron chi connectivity index (χ4n) is 1.54. The summed E-state index contributed by atoms with van der Waals surface area (Å²) in [6.07, 6.45) is 0. The van der Waals surface area contributed by atoms with E-state index in [-0.39, 0.29) is 18.0 Å². The van der Waals surface area contributed by atoms with Gasteiger partial charge in [0.25, 0.3) is 0 Å². The second-order valence-electron chi connectivity index (χ2n) is 3.91. The second kappa shape index (κ2) is 6.31. The molecular formula is C13H8Cl3NO3. The highest BCUT2D eigenvalue weighted by molar-refractivity contribution is 6.42. The number of rotatable bonds is 4. The Morgan fingerprint density at radius 3 is 2.45 bits per heavy atom. The molecule has 2 rings (SSSR count). The van der Waals surface area contributed by atoms with E-state index in [4.69, 9.17) is 39.5 Å². The van der Waals surface area contributed by atoms with Crippen molar-refractivity contribution in [2.45, 2.75) is 6.61 Å².